The van der Waals surface area contributed by atoms with E-state index in [9.17, 15) is 0 Å². The second-order valence-corrected chi connectivity index (χ2v) is 0.316. The fourth-order valence-corrected chi connectivity index (χ4v) is 0. The van der Waals surface area contributed by atoms with Crippen molar-refractivity contribution in [2.75, 3.05) is 6.61 Å². The van der Waals surface area contributed by atoms with E-state index in [1.165, 1.54) is 0 Å². The van der Waals surface area contributed by atoms with Crippen molar-refractivity contribution in [3.63, 3.8) is 0 Å². The summed E-state index contributed by atoms with van der Waals surface area (Å²) in [5, 5.41) is 7.57. The van der Waals surface area contributed by atoms with Crippen molar-refractivity contribution >= 4 is 17.4 Å². The van der Waals surface area contributed by atoms with Gasteiger partial charge in [0.2, 0.25) is 0 Å². The van der Waals surface area contributed by atoms with Crippen molar-refractivity contribution < 1.29 is 26.8 Å². The van der Waals surface area contributed by atoms with Gasteiger partial charge >= 0.3 is 18.9 Å². The van der Waals surface area contributed by atoms with Crippen molar-refractivity contribution in [3.05, 3.63) is 0 Å². The monoisotopic (exact) mass is 86.1 g/mol. The summed E-state index contributed by atoms with van der Waals surface area (Å²) in [5.74, 6) is 0. The second-order valence-electron chi connectivity index (χ2n) is 0.316. The molecule has 0 bridgehead atoms. The van der Waals surface area contributed by atoms with Gasteiger partial charge in [0.05, 0.1) is 0 Å². The van der Waals surface area contributed by atoms with Gasteiger partial charge in [0.25, 0.3) is 0 Å². The van der Waals surface area contributed by atoms with Gasteiger partial charge in [-0.2, -0.15) is 0 Å². The average molecular weight is 86.0 g/mol. The zero-order chi connectivity index (χ0) is 2.71. The quantitative estimate of drug-likeness (QED) is 0.299. The van der Waals surface area contributed by atoms with Crippen molar-refractivity contribution in [1.82, 2.24) is 0 Å². The predicted molar refractivity (Wildman–Crippen MR) is 25.9 cm³/mol. The fraction of sp³-hybridized carbons (Fsp3) is 1.00. The molecule has 0 rings (SSSR count). The summed E-state index contributed by atoms with van der Waals surface area (Å²) in [6, 6.07) is 0. The standard InChI is InChI=1S/C2H6O.Al.Li.H2.4H/c1-2-3;;;;;;;/h3H,2H2,1H3;;;1H;;;;/q;;+1;;;;;-1. The zero-order valence-electron chi connectivity index (χ0n) is 4.15. The number of aliphatic hydroxyl groups excluding tert-OH is 1. The van der Waals surface area contributed by atoms with Gasteiger partial charge in [-0.05, 0) is 6.92 Å². The molecule has 0 amide bonds. The van der Waals surface area contributed by atoms with Crippen LogP contribution < -0.4 is 18.9 Å². The third-order valence-electron chi connectivity index (χ3n) is 0. The van der Waals surface area contributed by atoms with Crippen LogP contribution in [0.1, 0.15) is 9.78 Å². The largest absolute Gasteiger partial charge is 1.00 e. The SMILES string of the molecule is CCO.[AlH3].[H-].[HH].[Li+]. The zero-order valence-corrected chi connectivity index (χ0v) is 3.15. The molecule has 0 unspecified atom stereocenters. The molecule has 0 radical (unpaired) electrons. The molecule has 5 heavy (non-hydrogen) atoms. The van der Waals surface area contributed by atoms with Gasteiger partial charge in [-0.3, -0.25) is 0 Å². The molecule has 0 aromatic heterocycles. The maximum Gasteiger partial charge on any atom is 1.00 e. The molecule has 0 atom stereocenters. The molecule has 0 aliphatic heterocycles. The summed E-state index contributed by atoms with van der Waals surface area (Å²) >= 11 is 0. The minimum absolute atomic E-state index is 0. The van der Waals surface area contributed by atoms with Crippen LogP contribution in [-0.2, 0) is 0 Å². The smallest absolute Gasteiger partial charge is 1.00 e. The van der Waals surface area contributed by atoms with Crippen LogP contribution in [0.25, 0.3) is 0 Å². The molecule has 1 N–H and O–H groups in total. The molecule has 0 saturated heterocycles. The van der Waals surface area contributed by atoms with E-state index in [1.54, 1.807) is 6.92 Å². The van der Waals surface area contributed by atoms with Crippen molar-refractivity contribution in [3.8, 4) is 0 Å². The molecule has 1 nitrogen and oxygen atoms in total. The molecule has 0 aliphatic carbocycles. The van der Waals surface area contributed by atoms with Crippen molar-refractivity contribution in [1.29, 1.82) is 0 Å². The number of aliphatic hydroxyl groups is 1. The van der Waals surface area contributed by atoms with Gasteiger partial charge in [-0.25, -0.2) is 0 Å². The van der Waals surface area contributed by atoms with E-state index in [0.717, 1.165) is 0 Å². The average Bonchev–Trinajstić information content (AvgIpc) is 0.918. The Bertz CT molecular complexity index is 15.7. The predicted octanol–water partition coefficient (Wildman–Crippen LogP) is -3.82. The molecule has 0 aromatic carbocycles. The molecule has 30 valence electrons. The Morgan fingerprint density at radius 1 is 2.00 bits per heavy atom. The van der Waals surface area contributed by atoms with Gasteiger partial charge < -0.3 is 6.53 Å². The van der Waals surface area contributed by atoms with Gasteiger partial charge in [-0.15, -0.1) is 0 Å². The Morgan fingerprint density at radius 3 is 2.00 bits per heavy atom. The molecule has 0 heterocycles. The maximum absolute atomic E-state index is 7.57. The third-order valence-corrected chi connectivity index (χ3v) is 0. The first-order valence-corrected chi connectivity index (χ1v) is 1.02. The van der Waals surface area contributed by atoms with Gasteiger partial charge in [0.15, 0.2) is 17.4 Å². The summed E-state index contributed by atoms with van der Waals surface area (Å²) in [6.45, 7) is 1.93. The van der Waals surface area contributed by atoms with E-state index in [2.05, 4.69) is 0 Å². The first kappa shape index (κ1) is 16.5. The van der Waals surface area contributed by atoms with Crippen LogP contribution in [0.2, 0.25) is 0 Å². The molecule has 0 aliphatic rings. The topological polar surface area (TPSA) is 20.2 Å². The Morgan fingerprint density at radius 2 is 2.00 bits per heavy atom. The first-order chi connectivity index (χ1) is 1.41. The summed E-state index contributed by atoms with van der Waals surface area (Å²) in [5.41, 5.74) is 0. The maximum atomic E-state index is 7.57. The van der Waals surface area contributed by atoms with Crippen LogP contribution in [-0.4, -0.2) is 29.1 Å². The van der Waals surface area contributed by atoms with Crippen LogP contribution >= 0.6 is 0 Å². The van der Waals surface area contributed by atoms with Crippen molar-refractivity contribution in [2.24, 2.45) is 0 Å². The minimum atomic E-state index is 0. The molecule has 3 heteroatoms. The Kier molecular flexibility index (Phi) is 64.4. The van der Waals surface area contributed by atoms with Crippen LogP contribution in [0.15, 0.2) is 0 Å². The summed E-state index contributed by atoms with van der Waals surface area (Å²) in [7, 11) is 0. The molecule has 0 saturated carbocycles. The van der Waals surface area contributed by atoms with E-state index in [0.29, 0.717) is 0 Å². The number of hydrogen-bond acceptors (Lipinski definition) is 1. The molecule has 0 aromatic rings. The Labute approximate surface area is 58.0 Å². The fourth-order valence-electron chi connectivity index (χ4n) is 0. The number of rotatable bonds is 0. The van der Waals surface area contributed by atoms with Crippen LogP contribution in [0.4, 0.5) is 0 Å². The second kappa shape index (κ2) is 19.5. The van der Waals surface area contributed by atoms with E-state index in [1.807, 2.05) is 0 Å². The van der Waals surface area contributed by atoms with E-state index >= 15 is 0 Å². The van der Waals surface area contributed by atoms with E-state index in [4.69, 9.17) is 5.11 Å². The van der Waals surface area contributed by atoms with E-state index in [-0.39, 0.29) is 45.7 Å². The number of hydrogen-bond donors (Lipinski definition) is 1. The van der Waals surface area contributed by atoms with Gasteiger partial charge in [0, 0.05) is 8.03 Å². The van der Waals surface area contributed by atoms with Crippen LogP contribution in [0.3, 0.4) is 0 Å². The van der Waals surface area contributed by atoms with Crippen LogP contribution in [0.5, 0.6) is 0 Å². The molecular formula is C2H12AlLiO. The summed E-state index contributed by atoms with van der Waals surface area (Å²) in [4.78, 5) is 0. The molecule has 0 fully saturated rings. The first-order valence-electron chi connectivity index (χ1n) is 1.02. The van der Waals surface area contributed by atoms with E-state index < -0.39 is 0 Å². The van der Waals surface area contributed by atoms with Crippen molar-refractivity contribution in [2.45, 2.75) is 6.92 Å². The summed E-state index contributed by atoms with van der Waals surface area (Å²) < 4.78 is 0. The van der Waals surface area contributed by atoms with Gasteiger partial charge in [-0.1, -0.05) is 0 Å². The minimum Gasteiger partial charge on any atom is -1.00 e. The molecular weight excluding hydrogens is 73.9 g/mol. The Hall–Kier alpha value is 1.09. The Balaban J connectivity index is -0.00000000333. The molecule has 0 spiro atoms. The van der Waals surface area contributed by atoms with Crippen LogP contribution in [0, 0.1) is 0 Å². The summed E-state index contributed by atoms with van der Waals surface area (Å²) in [6.07, 6.45) is 0. The van der Waals surface area contributed by atoms with Gasteiger partial charge in [0.1, 0.15) is 0 Å². The normalized spacial score (nSPS) is 3.60. The third kappa shape index (κ3) is 40.9.